The van der Waals surface area contributed by atoms with Gasteiger partial charge in [-0.1, -0.05) is 267 Å². The van der Waals surface area contributed by atoms with Crippen molar-refractivity contribution in [1.82, 2.24) is 51.5 Å². The highest BCUT2D eigenvalue weighted by atomic mass is 15.3. The van der Waals surface area contributed by atoms with E-state index in [0.29, 0.717) is 17.7 Å². The molecule has 0 amide bonds. The Labute approximate surface area is 661 Å². The van der Waals surface area contributed by atoms with E-state index in [9.17, 15) is 0 Å². The van der Waals surface area contributed by atoms with Crippen LogP contribution >= 0.6 is 0 Å². The molecule has 538 valence electrons. The lowest BCUT2D eigenvalue weighted by Crippen LogP contribution is -2.11. The molecular formula is C105H63N11. The molecule has 0 atom stereocenters. The van der Waals surface area contributed by atoms with Crippen LogP contribution in [0.3, 0.4) is 0 Å². The van der Waals surface area contributed by atoms with Crippen LogP contribution in [0.1, 0.15) is 0 Å². The van der Waals surface area contributed by atoms with Crippen molar-refractivity contribution in [2.45, 2.75) is 0 Å². The van der Waals surface area contributed by atoms with Crippen molar-refractivity contribution in [3.63, 3.8) is 0 Å². The first-order valence-electron chi connectivity index (χ1n) is 39.6. The minimum atomic E-state index is 0.483. The van der Waals surface area contributed by atoms with Crippen LogP contribution in [0.4, 0.5) is 0 Å². The number of nitrogens with zero attached hydrogens (tertiary/aromatic N) is 11. The molecule has 0 aliphatic rings. The maximum atomic E-state index is 6.02. The Bertz CT molecular complexity index is 8690. The van der Waals surface area contributed by atoms with Gasteiger partial charge in [-0.25, -0.2) is 0 Å². The van der Waals surface area contributed by atoms with Crippen LogP contribution in [0.2, 0.25) is 0 Å². The average Bonchev–Trinajstić information content (AvgIpc) is 1.51. The normalized spacial score (nSPS) is 12.3. The molecule has 17 aromatic carbocycles. The fourth-order valence-corrected chi connectivity index (χ4v) is 20.0. The van der Waals surface area contributed by atoms with Crippen LogP contribution in [-0.2, 0) is 0 Å². The van der Waals surface area contributed by atoms with E-state index in [1.165, 1.54) is 43.4 Å². The van der Waals surface area contributed by atoms with Gasteiger partial charge in [0, 0.05) is 126 Å². The zero-order chi connectivity index (χ0) is 75.5. The second kappa shape index (κ2) is 23.8. The number of rotatable bonds is 9. The van der Waals surface area contributed by atoms with Crippen LogP contribution in [0.5, 0.6) is 0 Å². The molecule has 116 heavy (non-hydrogen) atoms. The first-order chi connectivity index (χ1) is 57.6. The summed E-state index contributed by atoms with van der Waals surface area (Å²) in [6, 6.07) is 140. The van der Waals surface area contributed by atoms with Crippen molar-refractivity contribution >= 4 is 174 Å². The summed E-state index contributed by atoms with van der Waals surface area (Å²) in [6.45, 7) is 0. The summed E-state index contributed by atoms with van der Waals surface area (Å²) < 4.78 is 19.6. The molecule has 26 rings (SSSR count). The Kier molecular flexibility index (Phi) is 12.9. The Balaban J connectivity index is 0.757. The molecule has 0 aliphatic carbocycles. The maximum Gasteiger partial charge on any atom is 0.240 e. The van der Waals surface area contributed by atoms with Crippen LogP contribution < -0.4 is 0 Å². The molecule has 0 saturated heterocycles. The van der Waals surface area contributed by atoms with Crippen LogP contribution in [0.25, 0.3) is 232 Å². The molecule has 0 radical (unpaired) electrons. The topological polar surface area (TPSA) is 78.1 Å². The van der Waals surface area contributed by atoms with Crippen molar-refractivity contribution in [2.75, 3.05) is 0 Å². The molecule has 9 heterocycles. The van der Waals surface area contributed by atoms with Gasteiger partial charge in [-0.05, 0) is 115 Å². The van der Waals surface area contributed by atoms with Gasteiger partial charge in [0.05, 0.1) is 88.3 Å². The van der Waals surface area contributed by atoms with E-state index >= 15 is 0 Å². The van der Waals surface area contributed by atoms with Crippen LogP contribution in [0.15, 0.2) is 382 Å². The number of hydrogen-bond acceptors (Lipinski definition) is 3. The molecule has 0 saturated carbocycles. The van der Waals surface area contributed by atoms with Gasteiger partial charge < -0.3 is 27.4 Å². The smallest absolute Gasteiger partial charge is 0.240 e. The standard InChI is InChI=1S/C105H63N11/c1-6-29-64(30-7-1)103-106-104(115-91-51-26-18-43-73(91)79-55-59-83-81-57-53-77-71-41-16-24-49-89(71)111(66-33-10-3-11-34-66)95(77)97(81)113(99(83)101(79)115)67-35-12-4-13-36-67)108-105(107-103)116-92-52-27-19-44-74(92)80-56-60-84-82-58-54-78-72-42-17-25-50-90(72)112(96(78)98(82)114(100(84)102(80)116)68-37-14-5-15-38-68)70-40-28-39-69(61-70)110-88-48-23-21-46-76(88)86-62-93-85(63-94(86)110)75-45-20-22-47-87(75)109(93)65-31-8-2-9-32-65/h1-63H. The van der Waals surface area contributed by atoms with Crippen LogP contribution in [-0.4, -0.2) is 51.5 Å². The van der Waals surface area contributed by atoms with E-state index in [1.807, 2.05) is 0 Å². The summed E-state index contributed by atoms with van der Waals surface area (Å²) >= 11 is 0. The van der Waals surface area contributed by atoms with Gasteiger partial charge in [0.1, 0.15) is 0 Å². The van der Waals surface area contributed by atoms with Gasteiger partial charge in [0.15, 0.2) is 5.82 Å². The predicted octanol–water partition coefficient (Wildman–Crippen LogP) is 26.3. The molecule has 0 unspecified atom stereocenters. The predicted molar refractivity (Wildman–Crippen MR) is 480 cm³/mol. The summed E-state index contributed by atoms with van der Waals surface area (Å²) in [7, 11) is 0. The molecule has 9 aromatic heterocycles. The van der Waals surface area contributed by atoms with E-state index in [0.717, 1.165) is 171 Å². The van der Waals surface area contributed by atoms with Gasteiger partial charge >= 0.3 is 0 Å². The molecule has 11 nitrogen and oxygen atoms in total. The first kappa shape index (κ1) is 62.9. The van der Waals surface area contributed by atoms with E-state index < -0.39 is 0 Å². The first-order valence-corrected chi connectivity index (χ1v) is 39.6. The summed E-state index contributed by atoms with van der Waals surface area (Å²) in [5, 5.41) is 18.2. The highest BCUT2D eigenvalue weighted by Crippen LogP contribution is 2.50. The lowest BCUT2D eigenvalue weighted by atomic mass is 10.1. The fraction of sp³-hybridized carbons (Fsp3) is 0. The SMILES string of the molecule is c1ccc(-c2nc(-n3c4ccccc4c4ccc5c6ccc7c8ccccc8n(-c8ccccc8)c7c6n(-c6ccccc6)c5c43)nc(-n3c4ccccc4c4ccc5c6ccc7c8ccccc8n(-c8cccc(-n9c%10ccccc%10c%10cc%11c(cc%109)c9ccccc9n%11-c9ccccc9)c8)c7c6n(-c6ccccc6)c5c43)n2)cc1. The molecule has 11 heteroatoms. The number of aromatic nitrogens is 11. The summed E-state index contributed by atoms with van der Waals surface area (Å²) in [6.07, 6.45) is 0. The molecule has 0 N–H and O–H groups in total. The van der Waals surface area contributed by atoms with Gasteiger partial charge in [0.2, 0.25) is 11.9 Å². The fourth-order valence-electron chi connectivity index (χ4n) is 20.0. The van der Waals surface area contributed by atoms with Crippen molar-refractivity contribution < 1.29 is 0 Å². The van der Waals surface area contributed by atoms with Crippen molar-refractivity contribution in [3.8, 4) is 57.4 Å². The number of hydrogen-bond donors (Lipinski definition) is 0. The van der Waals surface area contributed by atoms with Crippen LogP contribution in [0, 0.1) is 0 Å². The molecule has 0 bridgehead atoms. The Morgan fingerprint density at radius 2 is 0.371 bits per heavy atom. The quantitative estimate of drug-likeness (QED) is 0.144. The monoisotopic (exact) mass is 1480 g/mol. The molecular weight excluding hydrogens is 1420 g/mol. The second-order valence-corrected chi connectivity index (χ2v) is 30.6. The van der Waals surface area contributed by atoms with E-state index in [4.69, 9.17) is 15.0 Å². The third kappa shape index (κ3) is 8.60. The Morgan fingerprint density at radius 1 is 0.138 bits per heavy atom. The summed E-state index contributed by atoms with van der Waals surface area (Å²) in [5.41, 5.74) is 24.5. The lowest BCUT2D eigenvalue weighted by Gasteiger charge is -2.16. The summed E-state index contributed by atoms with van der Waals surface area (Å²) in [4.78, 5) is 17.6. The molecule has 26 aromatic rings. The summed E-state index contributed by atoms with van der Waals surface area (Å²) in [5.74, 6) is 1.51. The third-order valence-electron chi connectivity index (χ3n) is 24.6. The number of para-hydroxylation sites is 10. The Morgan fingerprint density at radius 3 is 0.733 bits per heavy atom. The van der Waals surface area contributed by atoms with Gasteiger partial charge in [-0.2, -0.15) is 15.0 Å². The largest absolute Gasteiger partial charge is 0.309 e. The van der Waals surface area contributed by atoms with Gasteiger partial charge in [-0.15, -0.1) is 0 Å². The molecule has 0 fully saturated rings. The molecule has 0 aliphatic heterocycles. The van der Waals surface area contributed by atoms with Gasteiger partial charge in [-0.3, -0.25) is 9.13 Å². The van der Waals surface area contributed by atoms with Crippen molar-refractivity contribution in [1.29, 1.82) is 0 Å². The third-order valence-corrected chi connectivity index (χ3v) is 24.6. The highest BCUT2D eigenvalue weighted by molar-refractivity contribution is 6.31. The average molecular weight is 1480 g/mol. The van der Waals surface area contributed by atoms with E-state index in [1.54, 1.807) is 0 Å². The lowest BCUT2D eigenvalue weighted by molar-refractivity contribution is 0.893. The zero-order valence-corrected chi connectivity index (χ0v) is 62.3. The minimum Gasteiger partial charge on any atom is -0.309 e. The van der Waals surface area contributed by atoms with Crippen molar-refractivity contribution in [2.24, 2.45) is 0 Å². The van der Waals surface area contributed by atoms with E-state index in [-0.39, 0.29) is 0 Å². The number of fused-ring (bicyclic) bond motifs is 28. The number of benzene rings is 17. The second-order valence-electron chi connectivity index (χ2n) is 30.6. The zero-order valence-electron chi connectivity index (χ0n) is 62.3. The minimum absolute atomic E-state index is 0.483. The van der Waals surface area contributed by atoms with Crippen molar-refractivity contribution in [3.05, 3.63) is 382 Å². The Hall–Kier alpha value is -15.9. The van der Waals surface area contributed by atoms with Gasteiger partial charge in [0.25, 0.3) is 0 Å². The molecule has 0 spiro atoms. The maximum absolute atomic E-state index is 6.02. The van der Waals surface area contributed by atoms with E-state index in [2.05, 4.69) is 419 Å². The highest BCUT2D eigenvalue weighted by Gasteiger charge is 2.31.